The van der Waals surface area contributed by atoms with Crippen molar-refractivity contribution in [3.63, 3.8) is 0 Å². The Labute approximate surface area is 775 Å². The minimum absolute atomic E-state index is 0.00965. The molecule has 0 amide bonds. The van der Waals surface area contributed by atoms with Crippen molar-refractivity contribution in [2.75, 3.05) is 26.4 Å². The van der Waals surface area contributed by atoms with Crippen molar-refractivity contribution in [3.05, 3.63) is 279 Å². The quantitative estimate of drug-likeness (QED) is 0.0249. The number of fused-ring (bicyclic) bond motifs is 12. The molecule has 0 radical (unpaired) electrons. The van der Waals surface area contributed by atoms with Gasteiger partial charge in [0, 0.05) is 70.8 Å². The molecule has 28 heteroatoms. The van der Waals surface area contributed by atoms with Gasteiger partial charge in [-0.15, -0.1) is 0 Å². The van der Waals surface area contributed by atoms with Crippen LogP contribution in [0.2, 0.25) is 0 Å². The predicted molar refractivity (Wildman–Crippen MR) is 523 cm³/mol. The van der Waals surface area contributed by atoms with Crippen LogP contribution in [0.1, 0.15) is 53.4 Å². The molecular formula is C108H86N12O16. The van der Waals surface area contributed by atoms with Crippen molar-refractivity contribution >= 4 is 97.0 Å². The van der Waals surface area contributed by atoms with Crippen LogP contribution in [0.3, 0.4) is 0 Å². The molecule has 0 fully saturated rings. The van der Waals surface area contributed by atoms with E-state index in [0.29, 0.717) is 49.7 Å². The molecule has 12 N–H and O–H groups in total. The first-order valence-electron chi connectivity index (χ1n) is 43.8. The Morgan fingerprint density at radius 1 is 0.184 bits per heavy atom. The minimum Gasteiger partial charge on any atom is -0.508 e. The molecule has 28 nitrogen and oxygen atoms in total. The molecule has 21 rings (SSSR count). The van der Waals surface area contributed by atoms with Crippen LogP contribution in [0.4, 0.5) is 0 Å². The fourth-order valence-corrected chi connectivity index (χ4v) is 16.3. The molecule has 4 heterocycles. The Morgan fingerprint density at radius 2 is 0.441 bits per heavy atom. The van der Waals surface area contributed by atoms with Crippen molar-refractivity contribution in [1.82, 2.24) is 59.8 Å². The summed E-state index contributed by atoms with van der Waals surface area (Å²) in [5.74, 6) is -2.38. The monoisotopic (exact) mass is 1810 g/mol. The van der Waals surface area contributed by atoms with Crippen molar-refractivity contribution in [2.45, 2.75) is 53.4 Å². The number of nitrogens with zero attached hydrogens (tertiary/aromatic N) is 12. The standard InChI is InChI=1S/C30H23N3O4.3C26H21N3O4/c1-2-13-37-30-32-28(31-29(33-30)27-25(35)14-18(34)15-26(27)36)24-16-23-19-8-4-3-7-17(19)11-12-22(23)20-9-5-6-10-21(20)24;1-2-11-33-26-28-24(27-25(29-26)23-20(31)13-17(30)14-21(23)32)22-18-9-5-3-7-15(18)12-16-8-4-6-10-19(16)22;1-2-11-33-26-28-24(27-25(29-26)23-21(31)13-16(30)14-22(23)32)20-12-15-7-3-4-8-17(15)18-9-5-6-10-19(18)20;1-2-9-33-26-28-24(27-25(29-26)23-21(31)13-20(30)14-22(23)32)18-8-7-17-10-15-5-3-4-6-16(15)11-19(17)12-18/h3-12,14-16,34-36H,2,13H2,1H3;2*3-10,12-14,30-32H,2,11H2,1H3;3-8,10-14,30-32H,2,9H2,1H3. The van der Waals surface area contributed by atoms with Crippen LogP contribution in [-0.4, -0.2) is 148 Å². The topological polar surface area (TPSA) is 434 Å². The number of aromatic hydroxyl groups is 12. The second-order valence-corrected chi connectivity index (χ2v) is 31.9. The maximum atomic E-state index is 10.5. The van der Waals surface area contributed by atoms with E-state index >= 15 is 0 Å². The summed E-state index contributed by atoms with van der Waals surface area (Å²) in [5.41, 5.74) is 3.02. The molecule has 0 unspecified atom stereocenters. The molecule has 0 aliphatic carbocycles. The lowest BCUT2D eigenvalue weighted by molar-refractivity contribution is 0.292. The zero-order chi connectivity index (χ0) is 94.4. The average molecular weight is 1810 g/mol. The van der Waals surface area contributed by atoms with Crippen molar-refractivity contribution < 1.29 is 80.2 Å². The van der Waals surface area contributed by atoms with E-state index in [1.165, 1.54) is 0 Å². The fraction of sp³-hybridized carbons (Fsp3) is 0.111. The third-order valence-corrected chi connectivity index (χ3v) is 22.4. The van der Waals surface area contributed by atoms with Gasteiger partial charge in [0.15, 0.2) is 46.6 Å². The molecule has 0 saturated carbocycles. The normalized spacial score (nSPS) is 11.2. The van der Waals surface area contributed by atoms with Crippen LogP contribution in [0.25, 0.3) is 188 Å². The third kappa shape index (κ3) is 18.3. The van der Waals surface area contributed by atoms with E-state index in [2.05, 4.69) is 139 Å². The number of phenols is 12. The summed E-state index contributed by atoms with van der Waals surface area (Å²) in [4.78, 5) is 53.9. The highest BCUT2D eigenvalue weighted by Gasteiger charge is 2.27. The number of benzene rings is 17. The number of aromatic nitrogens is 12. The Bertz CT molecular complexity index is 8050. The minimum atomic E-state index is -0.356. The van der Waals surface area contributed by atoms with E-state index in [9.17, 15) is 61.3 Å². The lowest BCUT2D eigenvalue weighted by Gasteiger charge is -2.14. The fourth-order valence-electron chi connectivity index (χ4n) is 16.3. The maximum Gasteiger partial charge on any atom is 0.320 e. The summed E-state index contributed by atoms with van der Waals surface area (Å²) in [6.07, 6.45) is 3.01. The van der Waals surface area contributed by atoms with Gasteiger partial charge in [-0.2, -0.15) is 39.9 Å². The molecule has 0 bridgehead atoms. The van der Waals surface area contributed by atoms with Gasteiger partial charge in [-0.1, -0.05) is 222 Å². The van der Waals surface area contributed by atoms with Gasteiger partial charge in [0.2, 0.25) is 0 Å². The van der Waals surface area contributed by atoms with Gasteiger partial charge < -0.3 is 80.2 Å². The van der Waals surface area contributed by atoms with Gasteiger partial charge in [0.25, 0.3) is 0 Å². The molecule has 0 aliphatic heterocycles. The first-order chi connectivity index (χ1) is 66.1. The van der Waals surface area contributed by atoms with Gasteiger partial charge >= 0.3 is 24.0 Å². The Balaban J connectivity index is 0.000000121. The van der Waals surface area contributed by atoms with E-state index in [-0.39, 0.29) is 139 Å². The van der Waals surface area contributed by atoms with Crippen LogP contribution in [0, 0.1) is 0 Å². The molecule has 674 valence electrons. The smallest absolute Gasteiger partial charge is 0.320 e. The second kappa shape index (κ2) is 38.5. The Kier molecular flexibility index (Phi) is 25.1. The molecule has 21 aromatic rings. The summed E-state index contributed by atoms with van der Waals surface area (Å²) >= 11 is 0. The zero-order valence-electron chi connectivity index (χ0n) is 73.6. The highest BCUT2D eigenvalue weighted by atomic mass is 16.5. The third-order valence-electron chi connectivity index (χ3n) is 22.4. The molecule has 0 atom stereocenters. The van der Waals surface area contributed by atoms with E-state index < -0.39 is 0 Å². The van der Waals surface area contributed by atoms with Crippen molar-refractivity contribution in [2.24, 2.45) is 0 Å². The van der Waals surface area contributed by atoms with Crippen LogP contribution in [0.15, 0.2) is 279 Å². The highest BCUT2D eigenvalue weighted by Crippen LogP contribution is 2.48. The lowest BCUT2D eigenvalue weighted by atomic mass is 9.93. The molecular weight excluding hydrogens is 1720 g/mol. The molecule has 17 aromatic carbocycles. The summed E-state index contributed by atoms with van der Waals surface area (Å²) < 4.78 is 22.9. The zero-order valence-corrected chi connectivity index (χ0v) is 73.6. The second-order valence-electron chi connectivity index (χ2n) is 31.9. The molecule has 136 heavy (non-hydrogen) atoms. The summed E-state index contributed by atoms with van der Waals surface area (Å²) in [7, 11) is 0. The van der Waals surface area contributed by atoms with Gasteiger partial charge in [-0.25, -0.2) is 19.9 Å². The maximum absolute atomic E-state index is 10.5. The van der Waals surface area contributed by atoms with Crippen molar-refractivity contribution in [3.8, 4) is 184 Å². The van der Waals surface area contributed by atoms with E-state index in [4.69, 9.17) is 18.9 Å². The van der Waals surface area contributed by atoms with Crippen LogP contribution in [0.5, 0.6) is 93.0 Å². The predicted octanol–water partition coefficient (Wildman–Crippen LogP) is 22.8. The highest BCUT2D eigenvalue weighted by molar-refractivity contribution is 6.21. The Morgan fingerprint density at radius 3 is 0.838 bits per heavy atom. The summed E-state index contributed by atoms with van der Waals surface area (Å²) in [6, 6.07) is 86.3. The van der Waals surface area contributed by atoms with Crippen molar-refractivity contribution in [1.29, 1.82) is 0 Å². The van der Waals surface area contributed by atoms with Gasteiger partial charge in [0.05, 0.1) is 26.4 Å². The summed E-state index contributed by atoms with van der Waals surface area (Å²) in [6.45, 7) is 9.47. The van der Waals surface area contributed by atoms with Crippen LogP contribution >= 0.6 is 0 Å². The van der Waals surface area contributed by atoms with E-state index in [0.717, 1.165) is 193 Å². The van der Waals surface area contributed by atoms with E-state index in [1.807, 2.05) is 179 Å². The largest absolute Gasteiger partial charge is 0.508 e. The number of rotatable bonds is 20. The molecule has 0 spiro atoms. The van der Waals surface area contributed by atoms with Crippen LogP contribution < -0.4 is 18.9 Å². The van der Waals surface area contributed by atoms with E-state index in [1.54, 1.807) is 0 Å². The molecule has 0 aliphatic rings. The number of hydrogen-bond acceptors (Lipinski definition) is 28. The Hall–Kier alpha value is -18.1. The number of ether oxygens (including phenoxy) is 4. The number of hydrogen-bond donors (Lipinski definition) is 12. The van der Waals surface area contributed by atoms with Gasteiger partial charge in [0.1, 0.15) is 91.2 Å². The van der Waals surface area contributed by atoms with Crippen LogP contribution in [-0.2, 0) is 0 Å². The SMILES string of the molecule is CCCOc1nc(-c2c(O)cc(O)cc2O)nc(-c2c3ccccc3cc3ccccc23)n1.CCCOc1nc(-c2c(O)cc(O)cc2O)nc(-c2cc3c4ccccc4ccc3c3ccccc23)n1.CCCOc1nc(-c2c(O)cc(O)cc2O)nc(-c2cc3ccccc3c3ccccc23)n1.CCCOc1nc(-c2ccc3cc4ccccc4cc3c2)nc(-c2c(O)cc(O)cc2O)n1. The van der Waals surface area contributed by atoms with Gasteiger partial charge in [-0.3, -0.25) is 0 Å². The lowest BCUT2D eigenvalue weighted by Crippen LogP contribution is -2.05. The average Bonchev–Trinajstić information content (AvgIpc) is 0.746. The number of phenolic OH excluding ortho intramolecular Hbond substituents is 12. The first-order valence-corrected chi connectivity index (χ1v) is 43.8. The first kappa shape index (κ1) is 88.6. The van der Waals surface area contributed by atoms with Gasteiger partial charge in [-0.05, 0) is 159 Å². The summed E-state index contributed by atoms with van der Waals surface area (Å²) in [5, 5.41) is 141. The molecule has 0 saturated heterocycles. The molecule has 4 aromatic heterocycles.